The van der Waals surface area contributed by atoms with Gasteiger partial charge in [-0.25, -0.2) is 0 Å². The Morgan fingerprint density at radius 1 is 1.14 bits per heavy atom. The number of nitrogens with zero attached hydrogens (tertiary/aromatic N) is 2. The van der Waals surface area contributed by atoms with Crippen molar-refractivity contribution < 1.29 is 19.3 Å². The van der Waals surface area contributed by atoms with Gasteiger partial charge >= 0.3 is 0 Å². The molecule has 3 heterocycles. The van der Waals surface area contributed by atoms with Crippen LogP contribution in [0.25, 0.3) is 0 Å². The van der Waals surface area contributed by atoms with Crippen LogP contribution in [0.5, 0.6) is 11.5 Å². The van der Waals surface area contributed by atoms with Crippen LogP contribution in [0, 0.1) is 0 Å². The first-order chi connectivity index (χ1) is 10.8. The van der Waals surface area contributed by atoms with Crippen LogP contribution in [0.4, 0.5) is 0 Å². The normalized spacial score (nSPS) is 29.1. The molecule has 0 radical (unpaired) electrons. The van der Waals surface area contributed by atoms with Gasteiger partial charge in [-0.2, -0.15) is 0 Å². The Hall–Kier alpha value is -1.34. The van der Waals surface area contributed by atoms with Crippen molar-refractivity contribution in [3.8, 4) is 11.5 Å². The van der Waals surface area contributed by atoms with Crippen LogP contribution < -0.4 is 9.47 Å². The maximum absolute atomic E-state index is 10.4. The summed E-state index contributed by atoms with van der Waals surface area (Å²) < 4.78 is 16.4. The maximum Gasteiger partial charge on any atom is 0.231 e. The molecule has 1 N–H and O–H groups in total. The van der Waals surface area contributed by atoms with Crippen LogP contribution in [0.3, 0.4) is 0 Å². The molecule has 0 bridgehead atoms. The molecule has 4 rings (SSSR count). The number of likely N-dealkylation sites (tertiary alicyclic amines) is 1. The molecular weight excluding hydrogens is 284 g/mol. The third-order valence-corrected chi connectivity index (χ3v) is 4.72. The number of aliphatic hydroxyl groups is 1. The number of rotatable bonds is 3. The van der Waals surface area contributed by atoms with E-state index in [4.69, 9.17) is 14.2 Å². The lowest BCUT2D eigenvalue weighted by molar-refractivity contribution is -0.00618. The highest BCUT2D eigenvalue weighted by molar-refractivity contribution is 5.48. The highest BCUT2D eigenvalue weighted by Crippen LogP contribution is 2.36. The van der Waals surface area contributed by atoms with Crippen LogP contribution in [0.2, 0.25) is 0 Å². The zero-order valence-electron chi connectivity index (χ0n) is 12.6. The molecule has 120 valence electrons. The number of hydrogen-bond acceptors (Lipinski definition) is 6. The van der Waals surface area contributed by atoms with Crippen molar-refractivity contribution in [1.82, 2.24) is 9.80 Å². The van der Waals surface area contributed by atoms with Gasteiger partial charge in [0.1, 0.15) is 0 Å². The second-order valence-corrected chi connectivity index (χ2v) is 6.13. The van der Waals surface area contributed by atoms with E-state index < -0.39 is 0 Å². The SMILES string of the molecule is O[C@H]1CN(Cc2cccc3c2OCO3)C[C@@H]1N1CCOCC1. The molecule has 3 aliphatic heterocycles. The lowest BCUT2D eigenvalue weighted by Crippen LogP contribution is -2.48. The first kappa shape index (κ1) is 14.3. The van der Waals surface area contributed by atoms with Gasteiger partial charge in [0.25, 0.3) is 0 Å². The topological polar surface area (TPSA) is 54.4 Å². The van der Waals surface area contributed by atoms with E-state index in [1.54, 1.807) is 0 Å². The van der Waals surface area contributed by atoms with E-state index in [9.17, 15) is 5.11 Å². The lowest BCUT2D eigenvalue weighted by Gasteiger charge is -2.33. The van der Waals surface area contributed by atoms with Crippen molar-refractivity contribution in [2.45, 2.75) is 18.7 Å². The van der Waals surface area contributed by atoms with Gasteiger partial charge in [-0.3, -0.25) is 9.80 Å². The van der Waals surface area contributed by atoms with Crippen LogP contribution in [-0.4, -0.2) is 73.2 Å². The van der Waals surface area contributed by atoms with Gasteiger partial charge < -0.3 is 19.3 Å². The largest absolute Gasteiger partial charge is 0.454 e. The molecule has 0 amide bonds. The van der Waals surface area contributed by atoms with Crippen molar-refractivity contribution in [3.63, 3.8) is 0 Å². The third-order valence-electron chi connectivity index (χ3n) is 4.72. The molecule has 6 heteroatoms. The molecule has 2 atom stereocenters. The van der Waals surface area contributed by atoms with Gasteiger partial charge in [-0.15, -0.1) is 0 Å². The monoisotopic (exact) mass is 306 g/mol. The predicted molar refractivity (Wildman–Crippen MR) is 80.0 cm³/mol. The highest BCUT2D eigenvalue weighted by atomic mass is 16.7. The molecule has 2 fully saturated rings. The summed E-state index contributed by atoms with van der Waals surface area (Å²) in [6.45, 7) is 6.01. The van der Waals surface area contributed by atoms with Gasteiger partial charge in [-0.05, 0) is 6.07 Å². The van der Waals surface area contributed by atoms with E-state index >= 15 is 0 Å². The van der Waals surface area contributed by atoms with E-state index in [1.807, 2.05) is 12.1 Å². The van der Waals surface area contributed by atoms with E-state index in [1.165, 1.54) is 0 Å². The summed E-state index contributed by atoms with van der Waals surface area (Å²) >= 11 is 0. The third kappa shape index (κ3) is 2.67. The quantitative estimate of drug-likeness (QED) is 0.866. The molecule has 22 heavy (non-hydrogen) atoms. The summed E-state index contributed by atoms with van der Waals surface area (Å²) in [5.74, 6) is 1.67. The van der Waals surface area contributed by atoms with Gasteiger partial charge in [0, 0.05) is 44.3 Å². The molecule has 6 nitrogen and oxygen atoms in total. The van der Waals surface area contributed by atoms with E-state index in [0.717, 1.165) is 56.5 Å². The Bertz CT molecular complexity index is 533. The minimum Gasteiger partial charge on any atom is -0.454 e. The summed E-state index contributed by atoms with van der Waals surface area (Å²) in [7, 11) is 0. The second-order valence-electron chi connectivity index (χ2n) is 6.13. The van der Waals surface area contributed by atoms with Crippen LogP contribution in [-0.2, 0) is 11.3 Å². The fourth-order valence-corrected chi connectivity index (χ4v) is 3.60. The summed E-state index contributed by atoms with van der Waals surface area (Å²) in [5, 5.41) is 10.4. The number of β-amino-alcohol motifs (C(OH)–C–C–N with tert-alkyl or cyclic N) is 1. The Morgan fingerprint density at radius 3 is 2.86 bits per heavy atom. The van der Waals surface area contributed by atoms with Crippen molar-refractivity contribution in [2.75, 3.05) is 46.2 Å². The van der Waals surface area contributed by atoms with Gasteiger partial charge in [0.15, 0.2) is 11.5 Å². The smallest absolute Gasteiger partial charge is 0.231 e. The average Bonchev–Trinajstić information content (AvgIpc) is 3.15. The number of benzene rings is 1. The Kier molecular flexibility index (Phi) is 3.92. The zero-order valence-corrected chi connectivity index (χ0v) is 12.6. The number of aliphatic hydroxyl groups excluding tert-OH is 1. The molecule has 3 aliphatic rings. The van der Waals surface area contributed by atoms with E-state index in [2.05, 4.69) is 15.9 Å². The summed E-state index contributed by atoms with van der Waals surface area (Å²) in [6, 6.07) is 6.20. The molecule has 0 aromatic heterocycles. The second kappa shape index (κ2) is 6.04. The van der Waals surface area contributed by atoms with Crippen molar-refractivity contribution in [1.29, 1.82) is 0 Å². The molecule has 0 aliphatic carbocycles. The Balaban J connectivity index is 1.43. The van der Waals surface area contributed by atoms with Crippen LogP contribution >= 0.6 is 0 Å². The minimum atomic E-state index is -0.299. The number of hydrogen-bond donors (Lipinski definition) is 1. The summed E-state index contributed by atoms with van der Waals surface area (Å²) in [5.41, 5.74) is 1.13. The molecule has 0 unspecified atom stereocenters. The zero-order chi connectivity index (χ0) is 14.9. The molecule has 0 spiro atoms. The van der Waals surface area contributed by atoms with Crippen LogP contribution in [0.1, 0.15) is 5.56 Å². The Labute approximate surface area is 130 Å². The predicted octanol–water partition coefficient (Wildman–Crippen LogP) is 0.293. The van der Waals surface area contributed by atoms with Crippen molar-refractivity contribution in [2.24, 2.45) is 0 Å². The first-order valence-corrected chi connectivity index (χ1v) is 7.91. The van der Waals surface area contributed by atoms with Crippen LogP contribution in [0.15, 0.2) is 18.2 Å². The Morgan fingerprint density at radius 2 is 2.00 bits per heavy atom. The van der Waals surface area contributed by atoms with Gasteiger partial charge in [0.2, 0.25) is 6.79 Å². The number of morpholine rings is 1. The molecule has 1 aromatic carbocycles. The molecule has 2 saturated heterocycles. The van der Waals surface area contributed by atoms with E-state index in [-0.39, 0.29) is 12.1 Å². The summed E-state index contributed by atoms with van der Waals surface area (Å²) in [6.07, 6.45) is -0.299. The lowest BCUT2D eigenvalue weighted by atomic mass is 10.1. The van der Waals surface area contributed by atoms with Crippen molar-refractivity contribution >= 4 is 0 Å². The average molecular weight is 306 g/mol. The fourth-order valence-electron chi connectivity index (χ4n) is 3.60. The van der Waals surface area contributed by atoms with Crippen molar-refractivity contribution in [3.05, 3.63) is 23.8 Å². The summed E-state index contributed by atoms with van der Waals surface area (Å²) in [4.78, 5) is 4.64. The number of fused-ring (bicyclic) bond motifs is 1. The van der Waals surface area contributed by atoms with Gasteiger partial charge in [-0.1, -0.05) is 12.1 Å². The molecular formula is C16H22N2O4. The number of ether oxygens (including phenoxy) is 3. The maximum atomic E-state index is 10.4. The molecule has 0 saturated carbocycles. The van der Waals surface area contributed by atoms with E-state index in [0.29, 0.717) is 13.3 Å². The van der Waals surface area contributed by atoms with Gasteiger partial charge in [0.05, 0.1) is 19.3 Å². The first-order valence-electron chi connectivity index (χ1n) is 7.91. The minimum absolute atomic E-state index is 0.206. The standard InChI is InChI=1S/C16H22N2O4/c19-14-10-17(9-13(14)18-4-6-20-7-5-18)8-12-2-1-3-15-16(12)22-11-21-15/h1-3,13-14,19H,4-11H2/t13-,14-/m0/s1. The highest BCUT2D eigenvalue weighted by Gasteiger charge is 2.36. The fraction of sp³-hybridized carbons (Fsp3) is 0.625. The number of para-hydroxylation sites is 1. The molecule has 1 aromatic rings.